The molecule has 1 aromatic carbocycles. The first kappa shape index (κ1) is 16.6. The Bertz CT molecular complexity index is 568. The van der Waals surface area contributed by atoms with E-state index in [0.717, 1.165) is 22.3 Å². The van der Waals surface area contributed by atoms with Crippen LogP contribution in [0.15, 0.2) is 45.9 Å². The Balaban J connectivity index is 1.90. The minimum Gasteiger partial charge on any atom is -0.316 e. The zero-order valence-corrected chi connectivity index (χ0v) is 15.1. The summed E-state index contributed by atoms with van der Waals surface area (Å²) in [7, 11) is 2.02. The van der Waals surface area contributed by atoms with Crippen molar-refractivity contribution in [2.45, 2.75) is 37.2 Å². The summed E-state index contributed by atoms with van der Waals surface area (Å²) in [5.41, 5.74) is 1.15. The second-order valence-corrected chi connectivity index (χ2v) is 7.35. The summed E-state index contributed by atoms with van der Waals surface area (Å²) < 4.78 is 3.15. The molecule has 0 aliphatic carbocycles. The quantitative estimate of drug-likeness (QED) is 0.745. The summed E-state index contributed by atoms with van der Waals surface area (Å²) in [5.74, 6) is 1.03. The topological polar surface area (TPSA) is 29.9 Å². The van der Waals surface area contributed by atoms with Gasteiger partial charge in [-0.15, -0.1) is 11.8 Å². The number of likely N-dealkylation sites (N-methyl/N-ethyl adjacent to an activating group) is 1. The maximum Gasteiger partial charge on any atom is 0.0640 e. The number of hydrogen-bond donors (Lipinski definition) is 1. The lowest BCUT2D eigenvalue weighted by Gasteiger charge is -2.14. The molecule has 1 heterocycles. The summed E-state index contributed by atoms with van der Waals surface area (Å²) in [6, 6.07) is 11.4. The Kier molecular flexibility index (Phi) is 6.33. The minimum absolute atomic E-state index is 0.419. The molecule has 3 nitrogen and oxygen atoms in total. The van der Waals surface area contributed by atoms with E-state index < -0.39 is 0 Å². The highest BCUT2D eigenvalue weighted by Crippen LogP contribution is 2.23. The van der Waals surface area contributed by atoms with Gasteiger partial charge in [-0.25, -0.2) is 0 Å². The third-order valence-corrected chi connectivity index (χ3v) is 4.95. The van der Waals surface area contributed by atoms with Crippen LogP contribution in [-0.4, -0.2) is 28.6 Å². The number of aromatic nitrogens is 2. The molecule has 0 radical (unpaired) electrons. The Hall–Kier alpha value is -0.780. The summed E-state index contributed by atoms with van der Waals surface area (Å²) in [5, 5.41) is 8.02. The molecule has 2 rings (SSSR count). The number of nitrogens with zero attached hydrogens (tertiary/aromatic N) is 2. The predicted molar refractivity (Wildman–Crippen MR) is 94.0 cm³/mol. The molecule has 0 fully saturated rings. The molecule has 1 atom stereocenters. The number of hydrogen-bond acceptors (Lipinski definition) is 3. The van der Waals surface area contributed by atoms with Gasteiger partial charge in [0.15, 0.2) is 0 Å². The Morgan fingerprint density at radius 2 is 2.14 bits per heavy atom. The first-order valence-corrected chi connectivity index (χ1v) is 8.96. The lowest BCUT2D eigenvalue weighted by molar-refractivity contribution is 0.518. The Labute approximate surface area is 139 Å². The predicted octanol–water partition coefficient (Wildman–Crippen LogP) is 4.15. The van der Waals surface area contributed by atoms with Gasteiger partial charge in [0.1, 0.15) is 0 Å². The van der Waals surface area contributed by atoms with Crippen LogP contribution in [0.5, 0.6) is 0 Å². The maximum absolute atomic E-state index is 4.63. The number of halogens is 1. The fraction of sp³-hybridized carbons (Fsp3) is 0.438. The second-order valence-electron chi connectivity index (χ2n) is 5.34. The zero-order chi connectivity index (χ0) is 15.2. The molecule has 0 spiro atoms. The average Bonchev–Trinajstić information content (AvgIpc) is 2.92. The molecule has 21 heavy (non-hydrogen) atoms. The van der Waals surface area contributed by atoms with Crippen LogP contribution in [-0.2, 0) is 6.42 Å². The largest absolute Gasteiger partial charge is 0.316 e. The van der Waals surface area contributed by atoms with E-state index in [2.05, 4.69) is 76.7 Å². The van der Waals surface area contributed by atoms with Crippen LogP contribution in [0.1, 0.15) is 25.6 Å². The van der Waals surface area contributed by atoms with Crippen LogP contribution in [0.3, 0.4) is 0 Å². The van der Waals surface area contributed by atoms with Crippen molar-refractivity contribution in [1.82, 2.24) is 15.1 Å². The van der Waals surface area contributed by atoms with Gasteiger partial charge in [-0.1, -0.05) is 22.0 Å². The first-order chi connectivity index (χ1) is 10.1. The second kappa shape index (κ2) is 8.01. The Morgan fingerprint density at radius 3 is 2.76 bits per heavy atom. The van der Waals surface area contributed by atoms with E-state index >= 15 is 0 Å². The van der Waals surface area contributed by atoms with Gasteiger partial charge < -0.3 is 5.32 Å². The monoisotopic (exact) mass is 367 g/mol. The fourth-order valence-electron chi connectivity index (χ4n) is 2.02. The van der Waals surface area contributed by atoms with Crippen molar-refractivity contribution < 1.29 is 0 Å². The van der Waals surface area contributed by atoms with Crippen molar-refractivity contribution in [1.29, 1.82) is 0 Å². The fourth-order valence-corrected chi connectivity index (χ4v) is 3.64. The summed E-state index contributed by atoms with van der Waals surface area (Å²) in [6.45, 7) is 4.30. The number of rotatable bonds is 7. The molecule has 0 amide bonds. The van der Waals surface area contributed by atoms with Crippen LogP contribution in [0.25, 0.3) is 0 Å². The third kappa shape index (κ3) is 5.16. The molecular weight excluding hydrogens is 346 g/mol. The first-order valence-electron chi connectivity index (χ1n) is 7.18. The van der Waals surface area contributed by atoms with Gasteiger partial charge in [0.05, 0.1) is 5.69 Å². The molecule has 0 aliphatic rings. The molecule has 0 saturated heterocycles. The van der Waals surface area contributed by atoms with Gasteiger partial charge in [-0.3, -0.25) is 4.68 Å². The van der Waals surface area contributed by atoms with Gasteiger partial charge in [-0.2, -0.15) is 5.10 Å². The summed E-state index contributed by atoms with van der Waals surface area (Å²) >= 11 is 5.39. The molecule has 5 heteroatoms. The van der Waals surface area contributed by atoms with Crippen LogP contribution in [0, 0.1) is 0 Å². The van der Waals surface area contributed by atoms with Crippen molar-refractivity contribution in [3.63, 3.8) is 0 Å². The summed E-state index contributed by atoms with van der Waals surface area (Å²) in [6.07, 6.45) is 3.02. The highest BCUT2D eigenvalue weighted by molar-refractivity contribution is 9.10. The SMILES string of the molecule is CNC(CSc1cccc(Br)c1)Cc1ccn(C(C)C)n1. The van der Waals surface area contributed by atoms with E-state index in [-0.39, 0.29) is 0 Å². The van der Waals surface area contributed by atoms with E-state index in [1.54, 1.807) is 0 Å². The lowest BCUT2D eigenvalue weighted by Crippen LogP contribution is -2.30. The molecule has 1 unspecified atom stereocenters. The van der Waals surface area contributed by atoms with Gasteiger partial charge in [0, 0.05) is 39.8 Å². The number of nitrogens with one attached hydrogen (secondary N) is 1. The van der Waals surface area contributed by atoms with E-state index in [1.807, 2.05) is 23.5 Å². The van der Waals surface area contributed by atoms with E-state index in [1.165, 1.54) is 4.90 Å². The third-order valence-electron chi connectivity index (χ3n) is 3.30. The van der Waals surface area contributed by atoms with Crippen LogP contribution < -0.4 is 5.32 Å². The van der Waals surface area contributed by atoms with Crippen LogP contribution in [0.4, 0.5) is 0 Å². The van der Waals surface area contributed by atoms with Crippen LogP contribution in [0.2, 0.25) is 0 Å². The molecular formula is C16H22BrN3S. The average molecular weight is 368 g/mol. The normalized spacial score (nSPS) is 12.8. The van der Waals surface area contributed by atoms with Crippen molar-refractivity contribution in [2.24, 2.45) is 0 Å². The molecule has 0 bridgehead atoms. The smallest absolute Gasteiger partial charge is 0.0640 e. The molecule has 1 N–H and O–H groups in total. The van der Waals surface area contributed by atoms with Crippen molar-refractivity contribution in [2.75, 3.05) is 12.8 Å². The highest BCUT2D eigenvalue weighted by Gasteiger charge is 2.11. The van der Waals surface area contributed by atoms with Gasteiger partial charge in [0.25, 0.3) is 0 Å². The standard InChI is InChI=1S/C16H22BrN3S/c1-12(2)20-8-7-14(19-20)10-15(18-3)11-21-16-6-4-5-13(17)9-16/h4-9,12,15,18H,10-11H2,1-3H3. The molecule has 1 aromatic heterocycles. The van der Waals surface area contributed by atoms with E-state index in [4.69, 9.17) is 0 Å². The van der Waals surface area contributed by atoms with Crippen LogP contribution >= 0.6 is 27.7 Å². The van der Waals surface area contributed by atoms with Gasteiger partial charge >= 0.3 is 0 Å². The molecule has 2 aromatic rings. The van der Waals surface area contributed by atoms with Crippen molar-refractivity contribution >= 4 is 27.7 Å². The lowest BCUT2D eigenvalue weighted by atomic mass is 10.2. The maximum atomic E-state index is 4.63. The number of thioether (sulfide) groups is 1. The zero-order valence-electron chi connectivity index (χ0n) is 12.7. The van der Waals surface area contributed by atoms with E-state index in [0.29, 0.717) is 12.1 Å². The highest BCUT2D eigenvalue weighted by atomic mass is 79.9. The summed E-state index contributed by atoms with van der Waals surface area (Å²) in [4.78, 5) is 1.29. The van der Waals surface area contributed by atoms with E-state index in [9.17, 15) is 0 Å². The van der Waals surface area contributed by atoms with Gasteiger partial charge in [0.2, 0.25) is 0 Å². The molecule has 0 aliphatic heterocycles. The minimum atomic E-state index is 0.419. The van der Waals surface area contributed by atoms with Gasteiger partial charge in [-0.05, 0) is 45.2 Å². The van der Waals surface area contributed by atoms with Crippen molar-refractivity contribution in [3.05, 3.63) is 46.7 Å². The molecule has 0 saturated carbocycles. The number of benzene rings is 1. The van der Waals surface area contributed by atoms with Crippen molar-refractivity contribution in [3.8, 4) is 0 Å². The Morgan fingerprint density at radius 1 is 1.33 bits per heavy atom. The molecule has 114 valence electrons.